The van der Waals surface area contributed by atoms with Gasteiger partial charge in [0.2, 0.25) is 5.91 Å². The fraction of sp³-hybridized carbons (Fsp3) is 0.667. The summed E-state index contributed by atoms with van der Waals surface area (Å²) in [7, 11) is 0. The topological polar surface area (TPSA) is 32.8 Å². The number of carbonyl (C=O) groups is 1. The van der Waals surface area contributed by atoms with Crippen molar-refractivity contribution in [1.82, 2.24) is 9.80 Å². The highest BCUT2D eigenvalue weighted by molar-refractivity contribution is 5.79. The number of ether oxygens (including phenoxy) is 1. The molecule has 0 aromatic heterocycles. The minimum atomic E-state index is 0.165. The zero-order valence-electron chi connectivity index (χ0n) is 15.1. The molecule has 0 spiro atoms. The van der Waals surface area contributed by atoms with Crippen LogP contribution >= 0.6 is 0 Å². The molecule has 2 saturated heterocycles. The molecule has 25 heavy (non-hydrogen) atoms. The van der Waals surface area contributed by atoms with Crippen molar-refractivity contribution in [2.24, 2.45) is 5.92 Å². The van der Waals surface area contributed by atoms with Gasteiger partial charge in [0.25, 0.3) is 0 Å². The predicted octanol–water partition coefficient (Wildman–Crippen LogP) is 3.07. The Kier molecular flexibility index (Phi) is 5.37. The summed E-state index contributed by atoms with van der Waals surface area (Å²) in [6.07, 6.45) is 7.18. The normalized spacial score (nSPS) is 30.7. The molecule has 2 aliphatic heterocycles. The molecule has 3 fully saturated rings. The van der Waals surface area contributed by atoms with Crippen molar-refractivity contribution in [3.8, 4) is 0 Å². The predicted molar refractivity (Wildman–Crippen MR) is 98.2 cm³/mol. The molecule has 0 radical (unpaired) electrons. The highest BCUT2D eigenvalue weighted by atomic mass is 16.5. The summed E-state index contributed by atoms with van der Waals surface area (Å²) in [5.74, 6) is 0.552. The maximum absolute atomic E-state index is 13.2. The van der Waals surface area contributed by atoms with E-state index in [-0.39, 0.29) is 12.0 Å². The molecule has 3 unspecified atom stereocenters. The molecule has 1 aromatic carbocycles. The monoisotopic (exact) mass is 342 g/mol. The minimum absolute atomic E-state index is 0.165. The number of fused-ring (bicyclic) bond motifs is 1. The fourth-order valence-electron chi connectivity index (χ4n) is 4.85. The van der Waals surface area contributed by atoms with Crippen molar-refractivity contribution >= 4 is 5.91 Å². The number of nitrogens with zero attached hydrogens (tertiary/aromatic N) is 2. The molecule has 1 amide bonds. The van der Waals surface area contributed by atoms with E-state index in [1.54, 1.807) is 0 Å². The van der Waals surface area contributed by atoms with Gasteiger partial charge < -0.3 is 9.64 Å². The third kappa shape index (κ3) is 3.90. The molecular formula is C21H30N2O2. The third-order valence-corrected chi connectivity index (χ3v) is 6.12. The molecule has 3 atom stereocenters. The third-order valence-electron chi connectivity index (χ3n) is 6.12. The highest BCUT2D eigenvalue weighted by Gasteiger charge is 2.39. The van der Waals surface area contributed by atoms with E-state index < -0.39 is 0 Å². The Labute approximate surface area is 151 Å². The lowest BCUT2D eigenvalue weighted by Crippen LogP contribution is -2.57. The first-order valence-electron chi connectivity index (χ1n) is 9.99. The molecule has 4 nitrogen and oxygen atoms in total. The Hall–Kier alpha value is -1.39. The van der Waals surface area contributed by atoms with Gasteiger partial charge >= 0.3 is 0 Å². The Morgan fingerprint density at radius 2 is 1.88 bits per heavy atom. The van der Waals surface area contributed by atoms with Crippen molar-refractivity contribution in [3.63, 3.8) is 0 Å². The number of carbonyl (C=O) groups excluding carboxylic acids is 1. The van der Waals surface area contributed by atoms with Crippen LogP contribution in [0.3, 0.4) is 0 Å². The second-order valence-electron chi connectivity index (χ2n) is 7.85. The smallest absolute Gasteiger partial charge is 0.227 e. The van der Waals surface area contributed by atoms with Crippen LogP contribution in [0.25, 0.3) is 0 Å². The van der Waals surface area contributed by atoms with Gasteiger partial charge in [-0.1, -0.05) is 43.2 Å². The van der Waals surface area contributed by atoms with Gasteiger partial charge in [0.15, 0.2) is 0 Å². The van der Waals surface area contributed by atoms with Gasteiger partial charge in [0.1, 0.15) is 0 Å². The molecule has 3 aliphatic rings. The molecule has 4 rings (SSSR count). The van der Waals surface area contributed by atoms with Crippen LogP contribution in [0.2, 0.25) is 0 Å². The number of amides is 1. The minimum Gasteiger partial charge on any atom is -0.374 e. The number of likely N-dealkylation sites (tertiary alicyclic amines) is 1. The SMILES string of the molecule is O=C(C1CCCN(Cc2ccccc2)C1)N1CCOC2CCCCC21. The molecule has 0 N–H and O–H groups in total. The van der Waals surface area contributed by atoms with Crippen LogP contribution in [-0.2, 0) is 16.1 Å². The van der Waals surface area contributed by atoms with Crippen molar-refractivity contribution in [1.29, 1.82) is 0 Å². The lowest BCUT2D eigenvalue weighted by molar-refractivity contribution is -0.155. The largest absolute Gasteiger partial charge is 0.374 e. The average molecular weight is 342 g/mol. The highest BCUT2D eigenvalue weighted by Crippen LogP contribution is 2.31. The summed E-state index contributed by atoms with van der Waals surface area (Å²) in [5, 5.41) is 0. The number of hydrogen-bond donors (Lipinski definition) is 0. The Bertz CT molecular complexity index is 575. The molecular weight excluding hydrogens is 312 g/mol. The van der Waals surface area contributed by atoms with E-state index in [0.717, 1.165) is 51.9 Å². The van der Waals surface area contributed by atoms with Gasteiger partial charge in [-0.2, -0.15) is 0 Å². The van der Waals surface area contributed by atoms with Crippen LogP contribution in [0.15, 0.2) is 30.3 Å². The number of piperidine rings is 1. The summed E-state index contributed by atoms with van der Waals surface area (Å²) < 4.78 is 5.95. The summed E-state index contributed by atoms with van der Waals surface area (Å²) in [5.41, 5.74) is 1.34. The number of hydrogen-bond acceptors (Lipinski definition) is 3. The van der Waals surface area contributed by atoms with E-state index in [2.05, 4.69) is 40.1 Å². The first-order valence-corrected chi connectivity index (χ1v) is 9.99. The molecule has 136 valence electrons. The zero-order valence-corrected chi connectivity index (χ0v) is 15.1. The van der Waals surface area contributed by atoms with E-state index in [1.165, 1.54) is 18.4 Å². The zero-order chi connectivity index (χ0) is 17.1. The lowest BCUT2D eigenvalue weighted by Gasteiger charge is -2.45. The average Bonchev–Trinajstić information content (AvgIpc) is 2.68. The summed E-state index contributed by atoms with van der Waals surface area (Å²) >= 11 is 0. The van der Waals surface area contributed by atoms with E-state index in [4.69, 9.17) is 4.74 Å². The van der Waals surface area contributed by atoms with Gasteiger partial charge in [-0.25, -0.2) is 0 Å². The summed E-state index contributed by atoms with van der Waals surface area (Å²) in [4.78, 5) is 17.9. The van der Waals surface area contributed by atoms with Gasteiger partial charge in [0, 0.05) is 19.6 Å². The van der Waals surface area contributed by atoms with E-state index in [9.17, 15) is 4.79 Å². The van der Waals surface area contributed by atoms with Crippen molar-refractivity contribution < 1.29 is 9.53 Å². The van der Waals surface area contributed by atoms with E-state index in [0.29, 0.717) is 18.6 Å². The molecule has 1 saturated carbocycles. The van der Waals surface area contributed by atoms with Gasteiger partial charge in [-0.3, -0.25) is 9.69 Å². The van der Waals surface area contributed by atoms with Crippen LogP contribution < -0.4 is 0 Å². The summed E-state index contributed by atoms with van der Waals surface area (Å²) in [6.45, 7) is 4.47. The van der Waals surface area contributed by atoms with Crippen molar-refractivity contribution in [2.45, 2.75) is 57.2 Å². The van der Waals surface area contributed by atoms with Crippen molar-refractivity contribution in [3.05, 3.63) is 35.9 Å². The van der Waals surface area contributed by atoms with E-state index >= 15 is 0 Å². The Morgan fingerprint density at radius 3 is 2.76 bits per heavy atom. The van der Waals surface area contributed by atoms with Crippen LogP contribution in [-0.4, -0.2) is 54.1 Å². The molecule has 1 aromatic rings. The maximum Gasteiger partial charge on any atom is 0.227 e. The van der Waals surface area contributed by atoms with Crippen LogP contribution in [0.5, 0.6) is 0 Å². The van der Waals surface area contributed by atoms with E-state index in [1.807, 2.05) is 0 Å². The molecule has 0 bridgehead atoms. The Balaban J connectivity index is 1.39. The quantitative estimate of drug-likeness (QED) is 0.846. The lowest BCUT2D eigenvalue weighted by atomic mass is 9.88. The number of morpholine rings is 1. The molecule has 2 heterocycles. The van der Waals surface area contributed by atoms with Crippen molar-refractivity contribution in [2.75, 3.05) is 26.2 Å². The second kappa shape index (κ2) is 7.88. The van der Waals surface area contributed by atoms with Gasteiger partial charge in [0.05, 0.1) is 24.7 Å². The molecule has 4 heteroatoms. The molecule has 1 aliphatic carbocycles. The first-order chi connectivity index (χ1) is 12.3. The number of benzene rings is 1. The fourth-order valence-corrected chi connectivity index (χ4v) is 4.85. The van der Waals surface area contributed by atoms with Crippen LogP contribution in [0.4, 0.5) is 0 Å². The van der Waals surface area contributed by atoms with Crippen LogP contribution in [0.1, 0.15) is 44.1 Å². The van der Waals surface area contributed by atoms with Crippen LogP contribution in [0, 0.1) is 5.92 Å². The first kappa shape index (κ1) is 17.0. The number of rotatable bonds is 3. The maximum atomic E-state index is 13.2. The Morgan fingerprint density at radius 1 is 1.04 bits per heavy atom. The van der Waals surface area contributed by atoms with Gasteiger partial charge in [-0.05, 0) is 37.8 Å². The summed E-state index contributed by atoms with van der Waals surface area (Å²) in [6, 6.07) is 10.9. The standard InChI is InChI=1S/C21H30N2O2/c24-21(23-13-14-25-20-11-5-4-10-19(20)23)18-9-6-12-22(16-18)15-17-7-2-1-3-8-17/h1-3,7-8,18-20H,4-6,9-16H2. The second-order valence-corrected chi connectivity index (χ2v) is 7.85. The van der Waals surface area contributed by atoms with Gasteiger partial charge in [-0.15, -0.1) is 0 Å².